The Balaban J connectivity index is 1.97. The molecule has 0 spiro atoms. The number of amides is 1. The van der Waals surface area contributed by atoms with Crippen molar-refractivity contribution in [2.24, 2.45) is 5.92 Å². The topological polar surface area (TPSA) is 96.6 Å². The molecule has 0 radical (unpaired) electrons. The molecule has 1 aromatic rings. The van der Waals surface area contributed by atoms with Crippen LogP contribution in [0.15, 0.2) is 34.1 Å². The van der Waals surface area contributed by atoms with E-state index in [0.29, 0.717) is 17.9 Å². The van der Waals surface area contributed by atoms with Crippen molar-refractivity contribution in [3.05, 3.63) is 35.4 Å². The number of hydrogen-bond donors (Lipinski definition) is 2. The molecule has 0 bridgehead atoms. The Morgan fingerprint density at radius 2 is 2.10 bits per heavy atom. The van der Waals surface area contributed by atoms with Gasteiger partial charge in [-0.15, -0.1) is 0 Å². The van der Waals surface area contributed by atoms with Crippen LogP contribution in [0.5, 0.6) is 0 Å². The predicted molar refractivity (Wildman–Crippen MR) is 66.6 cm³/mol. The lowest BCUT2D eigenvalue weighted by Gasteiger charge is -2.31. The van der Waals surface area contributed by atoms with Crippen LogP contribution in [0.2, 0.25) is 0 Å². The average molecular weight is 275 g/mol. The van der Waals surface area contributed by atoms with Gasteiger partial charge in [0, 0.05) is 30.0 Å². The molecule has 2 N–H and O–H groups in total. The summed E-state index contributed by atoms with van der Waals surface area (Å²) < 4.78 is 5.30. The van der Waals surface area contributed by atoms with Crippen molar-refractivity contribution >= 4 is 17.7 Å². The molecule has 0 aromatic carbocycles. The van der Waals surface area contributed by atoms with Crippen LogP contribution in [-0.4, -0.2) is 22.8 Å². The van der Waals surface area contributed by atoms with Gasteiger partial charge in [-0.3, -0.25) is 14.4 Å². The molecule has 2 heterocycles. The first kappa shape index (κ1) is 12.7. The fourth-order valence-electron chi connectivity index (χ4n) is 2.90. The summed E-state index contributed by atoms with van der Waals surface area (Å²) in [4.78, 5) is 35.1. The Hall–Kier alpha value is -2.37. The lowest BCUT2D eigenvalue weighted by molar-refractivity contribution is -0.144. The Bertz CT molecular complexity index is 614. The van der Waals surface area contributed by atoms with E-state index in [1.165, 1.54) is 6.26 Å². The molecule has 1 aliphatic heterocycles. The summed E-state index contributed by atoms with van der Waals surface area (Å²) in [6.07, 6.45) is 1.99. The van der Waals surface area contributed by atoms with Crippen molar-refractivity contribution in [3.8, 4) is 0 Å². The highest BCUT2D eigenvalue weighted by Crippen LogP contribution is 2.38. The SMILES string of the molecule is O=C1CC(C(=O)O)C2=C(CC(c3ccco3)CC2=O)N1. The highest BCUT2D eigenvalue weighted by Gasteiger charge is 2.41. The summed E-state index contributed by atoms with van der Waals surface area (Å²) in [6, 6.07) is 3.52. The molecule has 1 aliphatic carbocycles. The molecule has 3 rings (SSSR count). The smallest absolute Gasteiger partial charge is 0.311 e. The number of carbonyl (C=O) groups excluding carboxylic acids is 2. The number of nitrogens with one attached hydrogen (secondary N) is 1. The van der Waals surface area contributed by atoms with E-state index < -0.39 is 11.9 Å². The van der Waals surface area contributed by atoms with Gasteiger partial charge in [0.05, 0.1) is 12.2 Å². The van der Waals surface area contributed by atoms with Crippen LogP contribution in [0.1, 0.15) is 30.9 Å². The maximum atomic E-state index is 12.2. The number of aliphatic carboxylic acids is 1. The minimum absolute atomic E-state index is 0.149. The zero-order chi connectivity index (χ0) is 14.3. The van der Waals surface area contributed by atoms with Crippen LogP contribution in [-0.2, 0) is 14.4 Å². The van der Waals surface area contributed by atoms with E-state index in [1.54, 1.807) is 12.1 Å². The average Bonchev–Trinajstić information content (AvgIpc) is 2.90. The minimum Gasteiger partial charge on any atom is -0.481 e. The van der Waals surface area contributed by atoms with E-state index in [9.17, 15) is 19.5 Å². The van der Waals surface area contributed by atoms with Crippen molar-refractivity contribution in [1.29, 1.82) is 0 Å². The van der Waals surface area contributed by atoms with Crippen LogP contribution in [0.25, 0.3) is 0 Å². The first-order valence-electron chi connectivity index (χ1n) is 6.38. The number of carboxylic acids is 1. The van der Waals surface area contributed by atoms with E-state index in [-0.39, 0.29) is 36.0 Å². The summed E-state index contributed by atoms with van der Waals surface area (Å²) in [6.45, 7) is 0. The molecular formula is C14H13NO5. The predicted octanol–water partition coefficient (Wildman–Crippen LogP) is 1.20. The Morgan fingerprint density at radius 1 is 1.30 bits per heavy atom. The Labute approximate surface area is 114 Å². The maximum absolute atomic E-state index is 12.2. The van der Waals surface area contributed by atoms with Gasteiger partial charge in [-0.2, -0.15) is 0 Å². The van der Waals surface area contributed by atoms with E-state index in [2.05, 4.69) is 5.32 Å². The van der Waals surface area contributed by atoms with Gasteiger partial charge in [0.2, 0.25) is 5.91 Å². The molecule has 0 fully saturated rings. The number of carboxylic acid groups (broad SMARTS) is 1. The van der Waals surface area contributed by atoms with Crippen molar-refractivity contribution < 1.29 is 23.9 Å². The van der Waals surface area contributed by atoms with Gasteiger partial charge in [0.25, 0.3) is 0 Å². The van der Waals surface area contributed by atoms with Crippen LogP contribution >= 0.6 is 0 Å². The summed E-state index contributed by atoms with van der Waals surface area (Å²) in [7, 11) is 0. The molecule has 20 heavy (non-hydrogen) atoms. The van der Waals surface area contributed by atoms with E-state index in [4.69, 9.17) is 4.42 Å². The van der Waals surface area contributed by atoms with Crippen LogP contribution in [0.3, 0.4) is 0 Å². The summed E-state index contributed by atoms with van der Waals surface area (Å²) in [5, 5.41) is 11.8. The monoisotopic (exact) mass is 275 g/mol. The molecule has 104 valence electrons. The van der Waals surface area contributed by atoms with Gasteiger partial charge in [-0.25, -0.2) is 0 Å². The van der Waals surface area contributed by atoms with Gasteiger partial charge >= 0.3 is 5.97 Å². The zero-order valence-electron chi connectivity index (χ0n) is 10.6. The number of rotatable bonds is 2. The second-order valence-corrected chi connectivity index (χ2v) is 5.08. The molecular weight excluding hydrogens is 262 g/mol. The largest absolute Gasteiger partial charge is 0.481 e. The molecule has 1 amide bonds. The van der Waals surface area contributed by atoms with Crippen LogP contribution in [0, 0.1) is 5.92 Å². The first-order chi connectivity index (χ1) is 9.56. The normalized spacial score (nSPS) is 26.2. The number of allylic oxidation sites excluding steroid dienone is 1. The van der Waals surface area contributed by atoms with Gasteiger partial charge < -0.3 is 14.8 Å². The number of ketones is 1. The molecule has 2 aliphatic rings. The Morgan fingerprint density at radius 3 is 2.75 bits per heavy atom. The lowest BCUT2D eigenvalue weighted by atomic mass is 9.77. The fourth-order valence-corrected chi connectivity index (χ4v) is 2.90. The molecule has 2 unspecified atom stereocenters. The third-order valence-electron chi connectivity index (χ3n) is 3.78. The zero-order valence-corrected chi connectivity index (χ0v) is 10.6. The van der Waals surface area contributed by atoms with E-state index in [0.717, 1.165) is 0 Å². The van der Waals surface area contributed by atoms with Gasteiger partial charge in [0.1, 0.15) is 5.76 Å². The second-order valence-electron chi connectivity index (χ2n) is 5.08. The molecule has 0 saturated heterocycles. The van der Waals surface area contributed by atoms with Gasteiger partial charge in [-0.05, 0) is 18.6 Å². The maximum Gasteiger partial charge on any atom is 0.311 e. The van der Waals surface area contributed by atoms with Crippen molar-refractivity contribution in [3.63, 3.8) is 0 Å². The highest BCUT2D eigenvalue weighted by atomic mass is 16.4. The second kappa shape index (κ2) is 4.63. The molecule has 6 heteroatoms. The number of Topliss-reactive ketones (excluding diaryl/α,β-unsaturated/α-hetero) is 1. The van der Waals surface area contributed by atoms with Crippen LogP contribution < -0.4 is 5.32 Å². The number of hydrogen-bond acceptors (Lipinski definition) is 4. The third-order valence-corrected chi connectivity index (χ3v) is 3.78. The quantitative estimate of drug-likeness (QED) is 0.845. The van der Waals surface area contributed by atoms with E-state index in [1.807, 2.05) is 0 Å². The van der Waals surface area contributed by atoms with E-state index >= 15 is 0 Å². The summed E-state index contributed by atoms with van der Waals surface area (Å²) in [5.41, 5.74) is 0.686. The molecule has 0 saturated carbocycles. The highest BCUT2D eigenvalue weighted by molar-refractivity contribution is 6.05. The van der Waals surface area contributed by atoms with Gasteiger partial charge in [0.15, 0.2) is 5.78 Å². The molecule has 2 atom stereocenters. The van der Waals surface area contributed by atoms with Crippen molar-refractivity contribution in [2.75, 3.05) is 0 Å². The lowest BCUT2D eigenvalue weighted by Crippen LogP contribution is -2.41. The Kier molecular flexibility index (Phi) is 2.93. The van der Waals surface area contributed by atoms with Crippen LogP contribution in [0.4, 0.5) is 0 Å². The number of carbonyl (C=O) groups is 3. The third kappa shape index (κ3) is 2.03. The molecule has 6 nitrogen and oxygen atoms in total. The van der Waals surface area contributed by atoms with Gasteiger partial charge in [-0.1, -0.05) is 0 Å². The first-order valence-corrected chi connectivity index (χ1v) is 6.38. The standard InChI is InChI=1S/C14H13NO5/c16-10-5-7(11-2-1-3-20-11)4-9-13(10)8(14(18)19)6-12(17)15-9/h1-3,7-8H,4-6H2,(H,15,17)(H,18,19). The minimum atomic E-state index is -1.13. The fraction of sp³-hybridized carbons (Fsp3) is 0.357. The number of furan rings is 1. The molecule has 1 aromatic heterocycles. The summed E-state index contributed by atoms with van der Waals surface area (Å²) in [5.74, 6) is -2.20. The van der Waals surface area contributed by atoms with Crippen molar-refractivity contribution in [2.45, 2.75) is 25.2 Å². The summed E-state index contributed by atoms with van der Waals surface area (Å²) >= 11 is 0. The van der Waals surface area contributed by atoms with Crippen molar-refractivity contribution in [1.82, 2.24) is 5.32 Å².